The molecule has 0 radical (unpaired) electrons. The maximum atomic E-state index is 12.8. The van der Waals surface area contributed by atoms with Crippen molar-refractivity contribution in [3.8, 4) is 5.75 Å². The first-order valence-corrected chi connectivity index (χ1v) is 8.14. The zero-order valence-electron chi connectivity index (χ0n) is 13.7. The zero-order valence-corrected chi connectivity index (χ0v) is 13.7. The van der Waals surface area contributed by atoms with Crippen LogP contribution in [-0.4, -0.2) is 48.4 Å². The Morgan fingerprint density at radius 2 is 1.83 bits per heavy atom. The van der Waals surface area contributed by atoms with E-state index in [1.165, 1.54) is 12.1 Å². The van der Waals surface area contributed by atoms with Crippen LogP contribution in [0, 0.1) is 5.82 Å². The standard InChI is InChI=1S/C18H21FN2O3/c1-2-20-9-11-21(12-10-20)18(22)17-8-7-16(24-17)13-23-15-5-3-14(19)4-6-15/h3-8H,2,9-13H2,1H3. The van der Waals surface area contributed by atoms with E-state index in [1.807, 2.05) is 4.90 Å². The first-order chi connectivity index (χ1) is 11.7. The Morgan fingerprint density at radius 3 is 2.50 bits per heavy atom. The first kappa shape index (κ1) is 16.5. The van der Waals surface area contributed by atoms with Crippen molar-refractivity contribution in [3.63, 3.8) is 0 Å². The van der Waals surface area contributed by atoms with Crippen molar-refractivity contribution < 1.29 is 18.3 Å². The average Bonchev–Trinajstić information content (AvgIpc) is 3.10. The van der Waals surface area contributed by atoms with Gasteiger partial charge in [0.05, 0.1) is 0 Å². The maximum Gasteiger partial charge on any atom is 0.289 e. The zero-order chi connectivity index (χ0) is 16.9. The lowest BCUT2D eigenvalue weighted by molar-refractivity contribution is 0.0608. The monoisotopic (exact) mass is 332 g/mol. The molecule has 128 valence electrons. The predicted octanol–water partition coefficient (Wildman–Crippen LogP) is 2.78. The molecule has 6 heteroatoms. The third-order valence-corrected chi connectivity index (χ3v) is 4.17. The summed E-state index contributed by atoms with van der Waals surface area (Å²) in [6, 6.07) is 9.19. The second kappa shape index (κ2) is 7.49. The van der Waals surface area contributed by atoms with Gasteiger partial charge in [-0.3, -0.25) is 4.79 Å². The Labute approximate surface area is 140 Å². The van der Waals surface area contributed by atoms with Crippen molar-refractivity contribution in [2.45, 2.75) is 13.5 Å². The molecule has 2 heterocycles. The number of hydrogen-bond donors (Lipinski definition) is 0. The summed E-state index contributed by atoms with van der Waals surface area (Å²) in [6.07, 6.45) is 0. The number of piperazine rings is 1. The molecule has 0 unspecified atom stereocenters. The fourth-order valence-electron chi connectivity index (χ4n) is 2.68. The van der Waals surface area contributed by atoms with Gasteiger partial charge in [0.15, 0.2) is 5.76 Å². The van der Waals surface area contributed by atoms with Crippen LogP contribution in [0.5, 0.6) is 5.75 Å². The predicted molar refractivity (Wildman–Crippen MR) is 87.5 cm³/mol. The van der Waals surface area contributed by atoms with E-state index in [-0.39, 0.29) is 18.3 Å². The van der Waals surface area contributed by atoms with Gasteiger partial charge < -0.3 is 19.0 Å². The van der Waals surface area contributed by atoms with Crippen molar-refractivity contribution in [1.82, 2.24) is 9.80 Å². The summed E-state index contributed by atoms with van der Waals surface area (Å²) in [6.45, 7) is 6.55. The number of ether oxygens (including phenoxy) is 1. The molecule has 3 rings (SSSR count). The lowest BCUT2D eigenvalue weighted by Crippen LogP contribution is -2.48. The second-order valence-electron chi connectivity index (χ2n) is 5.74. The Hall–Kier alpha value is -2.34. The highest BCUT2D eigenvalue weighted by Gasteiger charge is 2.23. The number of rotatable bonds is 5. The van der Waals surface area contributed by atoms with E-state index in [9.17, 15) is 9.18 Å². The topological polar surface area (TPSA) is 45.9 Å². The molecule has 1 aliphatic rings. The highest BCUT2D eigenvalue weighted by Crippen LogP contribution is 2.16. The highest BCUT2D eigenvalue weighted by molar-refractivity contribution is 5.91. The minimum Gasteiger partial charge on any atom is -0.486 e. The number of amides is 1. The molecule has 1 amide bonds. The van der Waals surface area contributed by atoms with Crippen LogP contribution in [0.3, 0.4) is 0 Å². The van der Waals surface area contributed by atoms with Crippen LogP contribution < -0.4 is 4.74 Å². The smallest absolute Gasteiger partial charge is 0.289 e. The molecule has 1 aliphatic heterocycles. The van der Waals surface area contributed by atoms with E-state index in [4.69, 9.17) is 9.15 Å². The lowest BCUT2D eigenvalue weighted by atomic mass is 10.3. The van der Waals surface area contributed by atoms with E-state index in [0.717, 1.165) is 32.7 Å². The summed E-state index contributed by atoms with van der Waals surface area (Å²) in [7, 11) is 0. The molecule has 1 aromatic heterocycles. The minimum atomic E-state index is -0.309. The van der Waals surface area contributed by atoms with E-state index >= 15 is 0 Å². The molecule has 1 aromatic carbocycles. The lowest BCUT2D eigenvalue weighted by Gasteiger charge is -2.33. The number of nitrogens with zero attached hydrogens (tertiary/aromatic N) is 2. The molecule has 0 bridgehead atoms. The van der Waals surface area contributed by atoms with E-state index < -0.39 is 0 Å². The van der Waals surface area contributed by atoms with Crippen molar-refractivity contribution in [2.75, 3.05) is 32.7 Å². The molecule has 0 spiro atoms. The van der Waals surface area contributed by atoms with Gasteiger partial charge in [-0.1, -0.05) is 6.92 Å². The van der Waals surface area contributed by atoms with Crippen molar-refractivity contribution in [2.24, 2.45) is 0 Å². The number of furan rings is 1. The molecule has 24 heavy (non-hydrogen) atoms. The summed E-state index contributed by atoms with van der Waals surface area (Å²) >= 11 is 0. The molecule has 5 nitrogen and oxygen atoms in total. The molecule has 0 saturated carbocycles. The molecule has 1 fully saturated rings. The van der Waals surface area contributed by atoms with Gasteiger partial charge in [-0.2, -0.15) is 0 Å². The van der Waals surface area contributed by atoms with Crippen LogP contribution >= 0.6 is 0 Å². The van der Waals surface area contributed by atoms with Crippen LogP contribution in [0.2, 0.25) is 0 Å². The van der Waals surface area contributed by atoms with Gasteiger partial charge in [-0.05, 0) is 42.9 Å². The van der Waals surface area contributed by atoms with Gasteiger partial charge in [-0.25, -0.2) is 4.39 Å². The number of halogens is 1. The van der Waals surface area contributed by atoms with Gasteiger partial charge in [-0.15, -0.1) is 0 Å². The quantitative estimate of drug-likeness (QED) is 0.845. The van der Waals surface area contributed by atoms with E-state index in [1.54, 1.807) is 24.3 Å². The van der Waals surface area contributed by atoms with Crippen LogP contribution in [0.1, 0.15) is 23.2 Å². The number of hydrogen-bond acceptors (Lipinski definition) is 4. The van der Waals surface area contributed by atoms with Crippen molar-refractivity contribution in [1.29, 1.82) is 0 Å². The summed E-state index contributed by atoms with van der Waals surface area (Å²) < 4.78 is 24.0. The van der Waals surface area contributed by atoms with Gasteiger partial charge in [0, 0.05) is 26.2 Å². The number of benzene rings is 1. The summed E-state index contributed by atoms with van der Waals surface area (Å²) in [5, 5.41) is 0. The van der Waals surface area contributed by atoms with Crippen molar-refractivity contribution >= 4 is 5.91 Å². The fraction of sp³-hybridized carbons (Fsp3) is 0.389. The molecule has 0 aliphatic carbocycles. The molecule has 0 atom stereocenters. The van der Waals surface area contributed by atoms with Crippen LogP contribution in [0.25, 0.3) is 0 Å². The van der Waals surface area contributed by atoms with Gasteiger partial charge >= 0.3 is 0 Å². The number of carbonyl (C=O) groups is 1. The van der Waals surface area contributed by atoms with Gasteiger partial charge in [0.25, 0.3) is 5.91 Å². The number of carbonyl (C=O) groups excluding carboxylic acids is 1. The molecule has 1 saturated heterocycles. The van der Waals surface area contributed by atoms with Crippen molar-refractivity contribution in [3.05, 3.63) is 53.7 Å². The summed E-state index contributed by atoms with van der Waals surface area (Å²) in [4.78, 5) is 16.6. The second-order valence-corrected chi connectivity index (χ2v) is 5.74. The third-order valence-electron chi connectivity index (χ3n) is 4.17. The average molecular weight is 332 g/mol. The normalized spacial score (nSPS) is 15.5. The van der Waals surface area contributed by atoms with Crippen LogP contribution in [0.4, 0.5) is 4.39 Å². The SMILES string of the molecule is CCN1CCN(C(=O)c2ccc(COc3ccc(F)cc3)o2)CC1. The van der Waals surface area contributed by atoms with Crippen LogP contribution in [0.15, 0.2) is 40.8 Å². The van der Waals surface area contributed by atoms with Gasteiger partial charge in [0.1, 0.15) is 23.9 Å². The Kier molecular flexibility index (Phi) is 5.15. The number of likely N-dealkylation sites (N-methyl/N-ethyl adjacent to an activating group) is 1. The maximum absolute atomic E-state index is 12.8. The van der Waals surface area contributed by atoms with Crippen LogP contribution in [-0.2, 0) is 6.61 Å². The highest BCUT2D eigenvalue weighted by atomic mass is 19.1. The first-order valence-electron chi connectivity index (χ1n) is 8.14. The third kappa shape index (κ3) is 3.94. The minimum absolute atomic E-state index is 0.0845. The Morgan fingerprint density at radius 1 is 1.12 bits per heavy atom. The summed E-state index contributed by atoms with van der Waals surface area (Å²) in [5.74, 6) is 1.05. The van der Waals surface area contributed by atoms with Gasteiger partial charge in [0.2, 0.25) is 0 Å². The molecular formula is C18H21FN2O3. The Balaban J connectivity index is 1.55. The van der Waals surface area contributed by atoms with E-state index in [2.05, 4.69) is 11.8 Å². The largest absolute Gasteiger partial charge is 0.486 e. The van der Waals surface area contributed by atoms with E-state index in [0.29, 0.717) is 17.3 Å². The fourth-order valence-corrected chi connectivity index (χ4v) is 2.68. The molecular weight excluding hydrogens is 311 g/mol. The summed E-state index contributed by atoms with van der Waals surface area (Å²) in [5.41, 5.74) is 0. The molecule has 0 N–H and O–H groups in total. The Bertz CT molecular complexity index is 676. The molecule has 2 aromatic rings.